The molecule has 2 heterocycles. The Kier molecular flexibility index (Phi) is 10.8. The summed E-state index contributed by atoms with van der Waals surface area (Å²) in [6.45, 7) is 9.38. The fourth-order valence-electron chi connectivity index (χ4n) is 7.01. The van der Waals surface area contributed by atoms with Crippen molar-refractivity contribution >= 4 is 17.6 Å². The van der Waals surface area contributed by atoms with Crippen molar-refractivity contribution < 1.29 is 28.5 Å². The molecule has 5 aromatic rings. The molecule has 54 heavy (non-hydrogen) atoms. The molecular weight excluding hydrogens is 677 g/mol. The predicted molar refractivity (Wildman–Crippen MR) is 209 cm³/mol. The monoisotopic (exact) mass is 722 g/mol. The van der Waals surface area contributed by atoms with Crippen molar-refractivity contribution in [1.29, 1.82) is 0 Å². The number of esters is 1. The predicted octanol–water partition coefficient (Wildman–Crippen LogP) is 9.78. The number of aromatic nitrogens is 1. The molecule has 8 nitrogen and oxygen atoms in total. The zero-order chi connectivity index (χ0) is 37.7. The average molecular weight is 723 g/mol. The van der Waals surface area contributed by atoms with E-state index in [4.69, 9.17) is 23.9 Å². The van der Waals surface area contributed by atoms with E-state index < -0.39 is 11.6 Å². The summed E-state index contributed by atoms with van der Waals surface area (Å²) in [7, 11) is 0. The van der Waals surface area contributed by atoms with Crippen LogP contribution in [-0.2, 0) is 42.1 Å². The van der Waals surface area contributed by atoms with Gasteiger partial charge >= 0.3 is 12.1 Å². The van der Waals surface area contributed by atoms with Gasteiger partial charge in [-0.2, -0.15) is 0 Å². The van der Waals surface area contributed by atoms with Gasteiger partial charge in [0.2, 0.25) is 5.88 Å². The van der Waals surface area contributed by atoms with Crippen molar-refractivity contribution in [2.75, 3.05) is 13.1 Å². The lowest BCUT2D eigenvalue weighted by Crippen LogP contribution is -2.40. The van der Waals surface area contributed by atoms with E-state index in [0.29, 0.717) is 31.0 Å². The third-order valence-corrected chi connectivity index (χ3v) is 9.65. The Morgan fingerprint density at radius 2 is 1.39 bits per heavy atom. The number of hydrogen-bond donors (Lipinski definition) is 0. The lowest BCUT2D eigenvalue weighted by Gasteiger charge is -2.31. The van der Waals surface area contributed by atoms with E-state index in [1.165, 1.54) is 16.7 Å². The SMILES string of the molecule is CCc1c(-c2ccc3c(c2)CC2=C3CN(C(=O)OC(C)(C)C)CC2)nc(OCc2ccccc2)c(C(=O)OCc2ccccc2)c1OCc1ccccc1. The largest absolute Gasteiger partial charge is 0.487 e. The van der Waals surface area contributed by atoms with Gasteiger partial charge in [0.05, 0.1) is 5.69 Å². The maximum absolute atomic E-state index is 14.2. The molecule has 0 radical (unpaired) electrons. The van der Waals surface area contributed by atoms with E-state index in [0.717, 1.165) is 46.2 Å². The van der Waals surface area contributed by atoms with Crippen LogP contribution in [0.1, 0.15) is 77.9 Å². The van der Waals surface area contributed by atoms with Gasteiger partial charge in [0, 0.05) is 24.2 Å². The molecule has 1 aliphatic heterocycles. The van der Waals surface area contributed by atoms with Gasteiger partial charge in [-0.05, 0) is 79.5 Å². The molecule has 0 saturated heterocycles. The molecule has 1 amide bonds. The summed E-state index contributed by atoms with van der Waals surface area (Å²) in [5.41, 5.74) is 9.60. The first-order valence-corrected chi connectivity index (χ1v) is 18.6. The quantitative estimate of drug-likeness (QED) is 0.126. The van der Waals surface area contributed by atoms with E-state index in [1.807, 2.05) is 119 Å². The molecule has 0 spiro atoms. The van der Waals surface area contributed by atoms with Crippen LogP contribution < -0.4 is 9.47 Å². The summed E-state index contributed by atoms with van der Waals surface area (Å²) in [6, 6.07) is 35.6. The molecule has 0 N–H and O–H groups in total. The molecule has 0 fully saturated rings. The average Bonchev–Trinajstić information content (AvgIpc) is 3.55. The maximum Gasteiger partial charge on any atom is 0.410 e. The molecule has 0 atom stereocenters. The van der Waals surface area contributed by atoms with Crippen molar-refractivity contribution in [3.63, 3.8) is 0 Å². The Morgan fingerprint density at radius 3 is 2.00 bits per heavy atom. The topological polar surface area (TPSA) is 87.2 Å². The van der Waals surface area contributed by atoms with Gasteiger partial charge in [-0.25, -0.2) is 14.6 Å². The van der Waals surface area contributed by atoms with E-state index in [9.17, 15) is 9.59 Å². The zero-order valence-corrected chi connectivity index (χ0v) is 31.4. The molecule has 2 aliphatic rings. The van der Waals surface area contributed by atoms with Gasteiger partial charge in [0.25, 0.3) is 0 Å². The lowest BCUT2D eigenvalue weighted by atomic mass is 9.96. The third kappa shape index (κ3) is 8.33. The molecule has 1 aromatic heterocycles. The van der Waals surface area contributed by atoms with E-state index in [2.05, 4.69) is 18.2 Å². The second-order valence-corrected chi connectivity index (χ2v) is 14.7. The molecule has 7 rings (SSSR count). The number of fused-ring (bicyclic) bond motifs is 2. The number of hydrogen-bond acceptors (Lipinski definition) is 7. The van der Waals surface area contributed by atoms with Crippen molar-refractivity contribution in [3.8, 4) is 22.9 Å². The van der Waals surface area contributed by atoms with Gasteiger partial charge in [-0.3, -0.25) is 0 Å². The third-order valence-electron chi connectivity index (χ3n) is 9.65. The highest BCUT2D eigenvalue weighted by Crippen LogP contribution is 2.43. The number of carbonyl (C=O) groups excluding carboxylic acids is 2. The van der Waals surface area contributed by atoms with E-state index in [1.54, 1.807) is 4.90 Å². The molecule has 0 bridgehead atoms. The maximum atomic E-state index is 14.2. The van der Waals surface area contributed by atoms with Gasteiger partial charge in [0.15, 0.2) is 5.56 Å². The number of ether oxygens (including phenoxy) is 4. The standard InChI is InChI=1S/C46H46N2O6/c1-5-37-41(35-21-22-38-36(26-35)25-34-23-24-48(27-39(34)38)45(50)54-46(2,3)4)47-43(52-29-32-17-11-7-12-18-32)40(42(37)51-28-31-15-9-6-10-16-31)44(49)53-30-33-19-13-8-14-20-33/h6-22,26H,5,23-25,27-30H2,1-4H3. The van der Waals surface area contributed by atoms with Crippen LogP contribution in [0.5, 0.6) is 11.6 Å². The van der Waals surface area contributed by atoms with Crippen LogP contribution in [0.2, 0.25) is 0 Å². The normalized spacial score (nSPS) is 13.6. The van der Waals surface area contributed by atoms with Crippen molar-refractivity contribution in [1.82, 2.24) is 9.88 Å². The molecular formula is C46H46N2O6. The number of benzene rings is 4. The second kappa shape index (κ2) is 16.0. The van der Waals surface area contributed by atoms with Crippen LogP contribution in [-0.4, -0.2) is 40.6 Å². The second-order valence-electron chi connectivity index (χ2n) is 14.7. The Morgan fingerprint density at radius 1 is 0.778 bits per heavy atom. The summed E-state index contributed by atoms with van der Waals surface area (Å²) >= 11 is 0. The highest BCUT2D eigenvalue weighted by Gasteiger charge is 2.33. The Bertz CT molecular complexity index is 2160. The van der Waals surface area contributed by atoms with E-state index >= 15 is 0 Å². The fourth-order valence-corrected chi connectivity index (χ4v) is 7.01. The van der Waals surface area contributed by atoms with Crippen LogP contribution in [0, 0.1) is 0 Å². The van der Waals surface area contributed by atoms with Crippen LogP contribution in [0.3, 0.4) is 0 Å². The van der Waals surface area contributed by atoms with Gasteiger partial charge in [-0.1, -0.05) is 116 Å². The fraction of sp³-hybridized carbons (Fsp3) is 0.283. The molecule has 276 valence electrons. The minimum atomic E-state index is -0.570. The highest BCUT2D eigenvalue weighted by molar-refractivity contribution is 5.97. The Balaban J connectivity index is 1.28. The Hall–Kier alpha value is -5.89. The van der Waals surface area contributed by atoms with Gasteiger partial charge in [0.1, 0.15) is 31.2 Å². The zero-order valence-electron chi connectivity index (χ0n) is 31.4. The number of nitrogens with zero attached hydrogens (tertiary/aromatic N) is 2. The van der Waals surface area contributed by atoms with Crippen molar-refractivity contribution in [3.05, 3.63) is 154 Å². The summed E-state index contributed by atoms with van der Waals surface area (Å²) in [5, 5.41) is 0. The summed E-state index contributed by atoms with van der Waals surface area (Å²) in [5.74, 6) is -0.0180. The van der Waals surface area contributed by atoms with Crippen molar-refractivity contribution in [2.24, 2.45) is 0 Å². The molecule has 4 aromatic carbocycles. The summed E-state index contributed by atoms with van der Waals surface area (Å²) in [4.78, 5) is 34.1. The van der Waals surface area contributed by atoms with Gasteiger partial charge < -0.3 is 23.8 Å². The first-order valence-electron chi connectivity index (χ1n) is 18.6. The Labute approximate surface area is 317 Å². The highest BCUT2D eigenvalue weighted by atomic mass is 16.6. The van der Waals surface area contributed by atoms with Gasteiger partial charge in [-0.15, -0.1) is 0 Å². The van der Waals surface area contributed by atoms with Crippen LogP contribution in [0.4, 0.5) is 4.79 Å². The molecule has 0 saturated carbocycles. The number of pyridine rings is 1. The minimum Gasteiger partial charge on any atom is -0.487 e. The number of amides is 1. The molecule has 8 heteroatoms. The molecule has 0 unspecified atom stereocenters. The first kappa shape index (κ1) is 36.5. The van der Waals surface area contributed by atoms with E-state index in [-0.39, 0.29) is 37.4 Å². The number of rotatable bonds is 11. The number of carbonyl (C=O) groups is 2. The summed E-state index contributed by atoms with van der Waals surface area (Å²) in [6.07, 6.45) is 1.86. The minimum absolute atomic E-state index is 0.0903. The van der Waals surface area contributed by atoms with Crippen LogP contribution in [0.25, 0.3) is 16.8 Å². The first-order chi connectivity index (χ1) is 26.2. The van der Waals surface area contributed by atoms with Crippen molar-refractivity contribution in [2.45, 2.75) is 72.4 Å². The summed E-state index contributed by atoms with van der Waals surface area (Å²) < 4.78 is 24.7. The lowest BCUT2D eigenvalue weighted by molar-refractivity contribution is 0.0270. The smallest absolute Gasteiger partial charge is 0.410 e. The van der Waals surface area contributed by atoms with Crippen LogP contribution >= 0.6 is 0 Å². The molecule has 1 aliphatic carbocycles. The van der Waals surface area contributed by atoms with Crippen LogP contribution in [0.15, 0.2) is 115 Å².